The van der Waals surface area contributed by atoms with Crippen molar-refractivity contribution in [3.63, 3.8) is 0 Å². The van der Waals surface area contributed by atoms with E-state index in [1.807, 2.05) is 4.90 Å². The number of fused-ring (bicyclic) bond motifs is 5. The highest BCUT2D eigenvalue weighted by Gasteiger charge is 2.44. The van der Waals surface area contributed by atoms with Crippen LogP contribution in [-0.2, 0) is 19.0 Å². The molecule has 4 aliphatic rings. The molecule has 6 heteroatoms. The van der Waals surface area contributed by atoms with Crippen molar-refractivity contribution in [1.29, 1.82) is 0 Å². The lowest BCUT2D eigenvalue weighted by Crippen LogP contribution is -2.56. The molecule has 0 radical (unpaired) electrons. The fraction of sp³-hybridized carbons (Fsp3) is 0.533. The maximum absolute atomic E-state index is 13.4. The van der Waals surface area contributed by atoms with E-state index < -0.39 is 0 Å². The minimum Gasteiger partial charge on any atom is -0.448 e. The summed E-state index contributed by atoms with van der Waals surface area (Å²) in [6, 6.07) is 17.0. The number of carbonyl (C=O) groups is 2. The average Bonchev–Trinajstić information content (AvgIpc) is 3.24. The predicted molar refractivity (Wildman–Crippen MR) is 136 cm³/mol. The zero-order valence-corrected chi connectivity index (χ0v) is 20.8. The molecule has 2 aromatic carbocycles. The fourth-order valence-electron chi connectivity index (χ4n) is 6.78. The minimum absolute atomic E-state index is 0.0153. The van der Waals surface area contributed by atoms with Crippen LogP contribution >= 0.6 is 0 Å². The number of nitrogens with zero attached hydrogens (tertiary/aromatic N) is 1. The summed E-state index contributed by atoms with van der Waals surface area (Å²) in [5.74, 6) is 0.364. The van der Waals surface area contributed by atoms with Crippen molar-refractivity contribution in [2.45, 2.75) is 75.7 Å². The van der Waals surface area contributed by atoms with Crippen LogP contribution in [0.15, 0.2) is 48.5 Å². The summed E-state index contributed by atoms with van der Waals surface area (Å²) >= 11 is 0. The first-order chi connectivity index (χ1) is 17.7. The van der Waals surface area contributed by atoms with Crippen LogP contribution in [0.4, 0.5) is 4.79 Å². The van der Waals surface area contributed by atoms with Gasteiger partial charge in [0, 0.05) is 36.8 Å². The van der Waals surface area contributed by atoms with Crippen LogP contribution in [0.3, 0.4) is 0 Å². The molecule has 190 valence electrons. The number of ketones is 1. The van der Waals surface area contributed by atoms with Gasteiger partial charge in [-0.15, -0.1) is 0 Å². The molecule has 3 fully saturated rings. The lowest BCUT2D eigenvalue weighted by Gasteiger charge is -2.47. The minimum atomic E-state index is -0.247. The molecule has 6 rings (SSSR count). The summed E-state index contributed by atoms with van der Waals surface area (Å²) in [6.07, 6.45) is 6.04. The summed E-state index contributed by atoms with van der Waals surface area (Å²) in [6.45, 7) is 1.76. The Hall–Kier alpha value is -2.70. The van der Waals surface area contributed by atoms with Gasteiger partial charge in [0.05, 0.1) is 13.2 Å². The SMILES string of the molecule is O=C(CCC1OCCCO1)C1CC2CCCC(C1)N2C(=O)OCC1c2ccccc2-c2ccccc21. The molecule has 2 bridgehead atoms. The van der Waals surface area contributed by atoms with E-state index >= 15 is 0 Å². The molecule has 0 spiro atoms. The molecule has 0 aromatic heterocycles. The number of carbonyl (C=O) groups excluding carboxylic acids is 2. The summed E-state index contributed by atoms with van der Waals surface area (Å²) in [5, 5.41) is 0. The number of piperidine rings is 2. The number of rotatable bonds is 6. The first-order valence-corrected chi connectivity index (χ1v) is 13.6. The van der Waals surface area contributed by atoms with Gasteiger partial charge in [0.25, 0.3) is 0 Å². The van der Waals surface area contributed by atoms with Gasteiger partial charge in [0.1, 0.15) is 12.4 Å². The Labute approximate surface area is 212 Å². The van der Waals surface area contributed by atoms with E-state index in [-0.39, 0.29) is 42.1 Å². The Morgan fingerprint density at radius 2 is 1.47 bits per heavy atom. The quantitative estimate of drug-likeness (QED) is 0.522. The second-order valence-electron chi connectivity index (χ2n) is 10.6. The van der Waals surface area contributed by atoms with Gasteiger partial charge in [-0.2, -0.15) is 0 Å². The highest BCUT2D eigenvalue weighted by Crippen LogP contribution is 2.45. The molecule has 6 nitrogen and oxygen atoms in total. The van der Waals surface area contributed by atoms with Crippen molar-refractivity contribution in [2.24, 2.45) is 5.92 Å². The molecular formula is C30H35NO5. The number of Topliss-reactive ketones (excluding diaryl/α,β-unsaturated/α-hetero) is 1. The Kier molecular flexibility index (Phi) is 6.81. The number of hydrogen-bond acceptors (Lipinski definition) is 5. The standard InChI is InChI=1S/C30H35NO5/c32-28(13-14-29-34-15-6-16-35-29)20-17-21-7-5-8-22(18-20)31(21)30(33)36-19-27-25-11-3-1-9-23(25)24-10-2-4-12-26(24)27/h1-4,9-12,20-22,27,29H,5-8,13-19H2. The Morgan fingerprint density at radius 1 is 0.861 bits per heavy atom. The number of hydrogen-bond donors (Lipinski definition) is 0. The topological polar surface area (TPSA) is 65.1 Å². The van der Waals surface area contributed by atoms with E-state index in [1.54, 1.807) is 0 Å². The molecular weight excluding hydrogens is 454 g/mol. The second-order valence-corrected chi connectivity index (χ2v) is 10.6. The lowest BCUT2D eigenvalue weighted by atomic mass is 9.76. The summed E-state index contributed by atoms with van der Waals surface area (Å²) in [7, 11) is 0. The molecule has 36 heavy (non-hydrogen) atoms. The smallest absolute Gasteiger partial charge is 0.410 e. The van der Waals surface area contributed by atoms with Gasteiger partial charge in [0.2, 0.25) is 0 Å². The molecule has 3 heterocycles. The van der Waals surface area contributed by atoms with Crippen molar-refractivity contribution in [3.8, 4) is 11.1 Å². The van der Waals surface area contributed by atoms with E-state index in [1.165, 1.54) is 22.3 Å². The lowest BCUT2D eigenvalue weighted by molar-refractivity contribution is -0.182. The van der Waals surface area contributed by atoms with Gasteiger partial charge in [0.15, 0.2) is 6.29 Å². The van der Waals surface area contributed by atoms with E-state index in [0.717, 1.165) is 38.5 Å². The van der Waals surface area contributed by atoms with Crippen LogP contribution < -0.4 is 0 Å². The van der Waals surface area contributed by atoms with Crippen LogP contribution in [0, 0.1) is 5.92 Å². The van der Waals surface area contributed by atoms with E-state index in [9.17, 15) is 9.59 Å². The number of benzene rings is 2. The van der Waals surface area contributed by atoms with Gasteiger partial charge in [-0.05, 0) is 60.8 Å². The first kappa shape index (κ1) is 23.7. The maximum Gasteiger partial charge on any atom is 0.410 e. The van der Waals surface area contributed by atoms with Crippen molar-refractivity contribution < 1.29 is 23.8 Å². The van der Waals surface area contributed by atoms with Crippen molar-refractivity contribution >= 4 is 11.9 Å². The molecule has 0 N–H and O–H groups in total. The van der Waals surface area contributed by atoms with Crippen LogP contribution in [0.1, 0.15) is 68.4 Å². The van der Waals surface area contributed by atoms with E-state index in [4.69, 9.17) is 14.2 Å². The zero-order valence-electron chi connectivity index (χ0n) is 20.8. The van der Waals surface area contributed by atoms with E-state index in [0.29, 0.717) is 32.7 Å². The number of ether oxygens (including phenoxy) is 3. The van der Waals surface area contributed by atoms with Gasteiger partial charge in [-0.25, -0.2) is 4.79 Å². The molecule has 0 saturated carbocycles. The Bertz CT molecular complexity index is 1050. The normalized spacial score (nSPS) is 25.8. The van der Waals surface area contributed by atoms with E-state index in [2.05, 4.69) is 48.5 Å². The molecule has 1 amide bonds. The third-order valence-corrected chi connectivity index (χ3v) is 8.50. The van der Waals surface area contributed by atoms with Gasteiger partial charge in [-0.1, -0.05) is 48.5 Å². The van der Waals surface area contributed by atoms with Gasteiger partial charge < -0.3 is 19.1 Å². The zero-order chi connectivity index (χ0) is 24.5. The van der Waals surface area contributed by atoms with Gasteiger partial charge >= 0.3 is 6.09 Å². The summed E-state index contributed by atoms with van der Waals surface area (Å²) in [5.41, 5.74) is 4.91. The molecule has 3 saturated heterocycles. The predicted octanol–water partition coefficient (Wildman–Crippen LogP) is 5.68. The largest absolute Gasteiger partial charge is 0.448 e. The number of amides is 1. The second kappa shape index (κ2) is 10.3. The van der Waals surface area contributed by atoms with Crippen molar-refractivity contribution in [3.05, 3.63) is 59.7 Å². The fourth-order valence-corrected chi connectivity index (χ4v) is 6.78. The van der Waals surface area contributed by atoms with Crippen molar-refractivity contribution in [1.82, 2.24) is 4.90 Å². The van der Waals surface area contributed by atoms with Crippen LogP contribution in [0.25, 0.3) is 11.1 Å². The Morgan fingerprint density at radius 3 is 2.11 bits per heavy atom. The highest BCUT2D eigenvalue weighted by atomic mass is 16.7. The van der Waals surface area contributed by atoms with Gasteiger partial charge in [-0.3, -0.25) is 4.79 Å². The summed E-state index contributed by atoms with van der Waals surface area (Å²) in [4.78, 5) is 28.4. The Balaban J connectivity index is 1.08. The molecule has 2 unspecified atom stereocenters. The average molecular weight is 490 g/mol. The maximum atomic E-state index is 13.4. The molecule has 2 aromatic rings. The van der Waals surface area contributed by atoms with Crippen LogP contribution in [0.5, 0.6) is 0 Å². The molecule has 1 aliphatic carbocycles. The van der Waals surface area contributed by atoms with Crippen LogP contribution in [-0.4, -0.2) is 55.0 Å². The third-order valence-electron chi connectivity index (χ3n) is 8.50. The molecule has 2 atom stereocenters. The van der Waals surface area contributed by atoms with Crippen molar-refractivity contribution in [2.75, 3.05) is 19.8 Å². The molecule has 3 aliphatic heterocycles. The van der Waals surface area contributed by atoms with Crippen LogP contribution in [0.2, 0.25) is 0 Å². The highest BCUT2D eigenvalue weighted by molar-refractivity contribution is 5.82. The summed E-state index contributed by atoms with van der Waals surface area (Å²) < 4.78 is 17.2. The third kappa shape index (κ3) is 4.57. The monoisotopic (exact) mass is 489 g/mol. The first-order valence-electron chi connectivity index (χ1n) is 13.6.